The Morgan fingerprint density at radius 1 is 1.40 bits per heavy atom. The summed E-state index contributed by atoms with van der Waals surface area (Å²) in [6.07, 6.45) is 0.958. The number of anilines is 2. The van der Waals surface area contributed by atoms with E-state index < -0.39 is 0 Å². The lowest BCUT2D eigenvalue weighted by Crippen LogP contribution is -2.14. The van der Waals surface area contributed by atoms with Crippen LogP contribution in [-0.2, 0) is 0 Å². The van der Waals surface area contributed by atoms with Gasteiger partial charge in [-0.1, -0.05) is 11.6 Å². The number of benzene rings is 1. The molecule has 0 radical (unpaired) electrons. The van der Waals surface area contributed by atoms with Crippen molar-refractivity contribution < 1.29 is 0 Å². The molecule has 0 bridgehead atoms. The second-order valence-corrected chi connectivity index (χ2v) is 4.06. The van der Waals surface area contributed by atoms with Crippen LogP contribution in [0.3, 0.4) is 0 Å². The third-order valence-corrected chi connectivity index (χ3v) is 2.37. The van der Waals surface area contributed by atoms with Crippen LogP contribution in [0.15, 0.2) is 18.2 Å². The molecular formula is C11H18ClN3. The van der Waals surface area contributed by atoms with Gasteiger partial charge < -0.3 is 16.0 Å². The van der Waals surface area contributed by atoms with Gasteiger partial charge in [-0.2, -0.15) is 0 Å². The molecular weight excluding hydrogens is 210 g/mol. The molecule has 4 heteroatoms. The van der Waals surface area contributed by atoms with Gasteiger partial charge in [-0.3, -0.25) is 0 Å². The molecule has 0 saturated heterocycles. The van der Waals surface area contributed by atoms with Crippen molar-refractivity contribution in [1.29, 1.82) is 0 Å². The maximum absolute atomic E-state index is 5.95. The monoisotopic (exact) mass is 227 g/mol. The average Bonchev–Trinajstić information content (AvgIpc) is 2.18. The number of halogens is 1. The SMILES string of the molecule is CN(C)c1ccc(Cl)cc1NCCCN. The minimum atomic E-state index is 0.699. The quantitative estimate of drug-likeness (QED) is 0.758. The first kappa shape index (κ1) is 12.1. The first-order valence-electron chi connectivity index (χ1n) is 5.06. The van der Waals surface area contributed by atoms with E-state index in [9.17, 15) is 0 Å². The Balaban J connectivity index is 2.77. The zero-order valence-electron chi connectivity index (χ0n) is 9.26. The average molecular weight is 228 g/mol. The second kappa shape index (κ2) is 5.83. The summed E-state index contributed by atoms with van der Waals surface area (Å²) in [4.78, 5) is 2.06. The lowest BCUT2D eigenvalue weighted by molar-refractivity contribution is 0.874. The molecule has 0 aromatic heterocycles. The number of hydrogen-bond acceptors (Lipinski definition) is 3. The normalized spacial score (nSPS) is 10.1. The smallest absolute Gasteiger partial charge is 0.0597 e. The Morgan fingerprint density at radius 2 is 2.13 bits per heavy atom. The Labute approximate surface area is 96.2 Å². The van der Waals surface area contributed by atoms with Crippen molar-refractivity contribution in [1.82, 2.24) is 0 Å². The van der Waals surface area contributed by atoms with Gasteiger partial charge in [-0.25, -0.2) is 0 Å². The number of nitrogens with two attached hydrogens (primary N) is 1. The molecule has 1 aromatic carbocycles. The molecule has 0 aliphatic carbocycles. The van der Waals surface area contributed by atoms with Gasteiger partial charge in [0.2, 0.25) is 0 Å². The fourth-order valence-electron chi connectivity index (χ4n) is 1.36. The summed E-state index contributed by atoms with van der Waals surface area (Å²) in [6.45, 7) is 1.57. The number of nitrogens with zero attached hydrogens (tertiary/aromatic N) is 1. The Hall–Kier alpha value is -0.930. The summed E-state index contributed by atoms with van der Waals surface area (Å²) in [6, 6.07) is 5.84. The van der Waals surface area contributed by atoms with Crippen molar-refractivity contribution in [3.63, 3.8) is 0 Å². The highest BCUT2D eigenvalue weighted by Gasteiger charge is 2.04. The van der Waals surface area contributed by atoms with E-state index in [1.165, 1.54) is 0 Å². The van der Waals surface area contributed by atoms with Gasteiger partial charge in [-0.15, -0.1) is 0 Å². The lowest BCUT2D eigenvalue weighted by Gasteiger charge is -2.18. The summed E-state index contributed by atoms with van der Waals surface area (Å²) in [7, 11) is 4.02. The highest BCUT2D eigenvalue weighted by Crippen LogP contribution is 2.27. The molecule has 15 heavy (non-hydrogen) atoms. The molecule has 3 nitrogen and oxygen atoms in total. The fourth-order valence-corrected chi connectivity index (χ4v) is 1.54. The van der Waals surface area contributed by atoms with Crippen LogP contribution in [0.25, 0.3) is 0 Å². The van der Waals surface area contributed by atoms with E-state index in [-0.39, 0.29) is 0 Å². The van der Waals surface area contributed by atoms with E-state index in [0.29, 0.717) is 6.54 Å². The third-order valence-electron chi connectivity index (χ3n) is 2.14. The first-order valence-corrected chi connectivity index (χ1v) is 5.43. The van der Waals surface area contributed by atoms with Crippen molar-refractivity contribution in [2.24, 2.45) is 5.73 Å². The van der Waals surface area contributed by atoms with Crippen molar-refractivity contribution >= 4 is 23.0 Å². The first-order chi connectivity index (χ1) is 7.15. The molecule has 3 N–H and O–H groups in total. The summed E-state index contributed by atoms with van der Waals surface area (Å²) < 4.78 is 0. The van der Waals surface area contributed by atoms with Gasteiger partial charge in [0.1, 0.15) is 0 Å². The maximum atomic E-state index is 5.95. The molecule has 1 aromatic rings. The van der Waals surface area contributed by atoms with Crippen LogP contribution in [-0.4, -0.2) is 27.2 Å². The van der Waals surface area contributed by atoms with Crippen LogP contribution in [0.4, 0.5) is 11.4 Å². The summed E-state index contributed by atoms with van der Waals surface area (Å²) >= 11 is 5.95. The summed E-state index contributed by atoms with van der Waals surface area (Å²) in [5.74, 6) is 0. The Bertz CT molecular complexity index is 313. The molecule has 1 rings (SSSR count). The highest BCUT2D eigenvalue weighted by atomic mass is 35.5. The fraction of sp³-hybridized carbons (Fsp3) is 0.455. The minimum absolute atomic E-state index is 0.699. The summed E-state index contributed by atoms with van der Waals surface area (Å²) in [5.41, 5.74) is 7.64. The van der Waals surface area contributed by atoms with E-state index in [1.54, 1.807) is 0 Å². The third kappa shape index (κ3) is 3.61. The van der Waals surface area contributed by atoms with Gasteiger partial charge in [-0.05, 0) is 31.2 Å². The van der Waals surface area contributed by atoms with Crippen molar-refractivity contribution in [2.45, 2.75) is 6.42 Å². The van der Waals surface area contributed by atoms with Crippen molar-refractivity contribution in [2.75, 3.05) is 37.4 Å². The number of nitrogens with one attached hydrogen (secondary N) is 1. The van der Waals surface area contributed by atoms with Crippen molar-refractivity contribution in [3.05, 3.63) is 23.2 Å². The molecule has 84 valence electrons. The lowest BCUT2D eigenvalue weighted by atomic mass is 10.2. The van der Waals surface area contributed by atoms with E-state index in [4.69, 9.17) is 17.3 Å². The molecule has 0 aliphatic heterocycles. The number of hydrogen-bond donors (Lipinski definition) is 2. The van der Waals surface area contributed by atoms with Gasteiger partial charge in [0.25, 0.3) is 0 Å². The molecule has 0 atom stereocenters. The predicted molar refractivity (Wildman–Crippen MR) is 67.9 cm³/mol. The van der Waals surface area contributed by atoms with Crippen LogP contribution >= 0.6 is 11.6 Å². The van der Waals surface area contributed by atoms with Crippen LogP contribution < -0.4 is 16.0 Å². The van der Waals surface area contributed by atoms with Gasteiger partial charge in [0, 0.05) is 25.7 Å². The Morgan fingerprint density at radius 3 is 2.73 bits per heavy atom. The molecule has 0 aliphatic rings. The molecule has 0 fully saturated rings. The van der Waals surface area contributed by atoms with Gasteiger partial charge in [0.15, 0.2) is 0 Å². The van der Waals surface area contributed by atoms with Crippen LogP contribution in [0, 0.1) is 0 Å². The standard InChI is InChI=1S/C11H18ClN3/c1-15(2)11-5-4-9(12)8-10(11)14-7-3-6-13/h4-5,8,14H,3,6-7,13H2,1-2H3. The van der Waals surface area contributed by atoms with E-state index in [1.807, 2.05) is 32.3 Å². The highest BCUT2D eigenvalue weighted by molar-refractivity contribution is 6.31. The molecule has 0 saturated carbocycles. The van der Waals surface area contributed by atoms with Crippen LogP contribution in [0.1, 0.15) is 6.42 Å². The predicted octanol–water partition coefficient (Wildman–Crippen LogP) is 2.17. The van der Waals surface area contributed by atoms with E-state index in [2.05, 4.69) is 10.2 Å². The zero-order chi connectivity index (χ0) is 11.3. The molecule has 0 heterocycles. The van der Waals surface area contributed by atoms with Crippen LogP contribution in [0.2, 0.25) is 5.02 Å². The zero-order valence-corrected chi connectivity index (χ0v) is 10.0. The minimum Gasteiger partial charge on any atom is -0.383 e. The molecule has 0 unspecified atom stereocenters. The second-order valence-electron chi connectivity index (χ2n) is 3.62. The topological polar surface area (TPSA) is 41.3 Å². The number of rotatable bonds is 5. The maximum Gasteiger partial charge on any atom is 0.0597 e. The van der Waals surface area contributed by atoms with Gasteiger partial charge in [0.05, 0.1) is 11.4 Å². The van der Waals surface area contributed by atoms with E-state index in [0.717, 1.165) is 29.4 Å². The molecule has 0 spiro atoms. The van der Waals surface area contributed by atoms with E-state index >= 15 is 0 Å². The largest absolute Gasteiger partial charge is 0.383 e. The van der Waals surface area contributed by atoms with Crippen LogP contribution in [0.5, 0.6) is 0 Å². The Kier molecular flexibility index (Phi) is 4.72. The van der Waals surface area contributed by atoms with Gasteiger partial charge >= 0.3 is 0 Å². The molecule has 0 amide bonds. The summed E-state index contributed by atoms with van der Waals surface area (Å²) in [5, 5.41) is 4.08. The van der Waals surface area contributed by atoms with Crippen molar-refractivity contribution in [3.8, 4) is 0 Å².